The summed E-state index contributed by atoms with van der Waals surface area (Å²) in [5, 5.41) is 3.89. The van der Waals surface area contributed by atoms with E-state index in [-0.39, 0.29) is 22.8 Å². The van der Waals surface area contributed by atoms with Gasteiger partial charge in [0.15, 0.2) is 5.78 Å². The van der Waals surface area contributed by atoms with Crippen LogP contribution in [-0.4, -0.2) is 39.8 Å². The third kappa shape index (κ3) is 4.28. The van der Waals surface area contributed by atoms with Crippen LogP contribution in [-0.2, 0) is 12.1 Å². The molecular formula is C28H37N3O2. The molecule has 0 radical (unpaired) electrons. The van der Waals surface area contributed by atoms with Crippen molar-refractivity contribution in [3.05, 3.63) is 58.9 Å². The van der Waals surface area contributed by atoms with E-state index in [4.69, 9.17) is 0 Å². The molecule has 2 fully saturated rings. The minimum Gasteiger partial charge on any atom is -0.347 e. The molecule has 2 aliphatic heterocycles. The largest absolute Gasteiger partial charge is 0.347 e. The Bertz CT molecular complexity index is 1040. The molecule has 1 aromatic heterocycles. The summed E-state index contributed by atoms with van der Waals surface area (Å²) < 4.78 is 2.26. The van der Waals surface area contributed by atoms with Crippen LogP contribution in [0.15, 0.2) is 36.5 Å². The Morgan fingerprint density at radius 3 is 2.27 bits per heavy atom. The van der Waals surface area contributed by atoms with Gasteiger partial charge < -0.3 is 9.47 Å². The number of fused-ring (bicyclic) bond motifs is 2. The van der Waals surface area contributed by atoms with Crippen LogP contribution in [0.25, 0.3) is 0 Å². The maximum Gasteiger partial charge on any atom is 0.253 e. The van der Waals surface area contributed by atoms with E-state index in [1.807, 2.05) is 23.2 Å². The van der Waals surface area contributed by atoms with Crippen LogP contribution in [0.5, 0.6) is 0 Å². The van der Waals surface area contributed by atoms with Gasteiger partial charge in [-0.15, -0.1) is 0 Å². The van der Waals surface area contributed by atoms with E-state index in [2.05, 4.69) is 41.9 Å². The predicted octanol–water partition coefficient (Wildman–Crippen LogP) is 5.25. The Hall–Kier alpha value is -2.40. The molecule has 5 nitrogen and oxygen atoms in total. The van der Waals surface area contributed by atoms with Crippen LogP contribution in [0.3, 0.4) is 0 Å². The smallest absolute Gasteiger partial charge is 0.253 e. The zero-order chi connectivity index (χ0) is 23.2. The fraction of sp³-hybridized carbons (Fsp3) is 0.571. The number of ketones is 1. The lowest BCUT2D eigenvalue weighted by Crippen LogP contribution is -2.63. The van der Waals surface area contributed by atoms with Gasteiger partial charge in [0, 0.05) is 48.2 Å². The van der Waals surface area contributed by atoms with Crippen molar-refractivity contribution >= 4 is 11.7 Å². The Morgan fingerprint density at radius 2 is 1.64 bits per heavy atom. The molecule has 1 saturated heterocycles. The van der Waals surface area contributed by atoms with Crippen molar-refractivity contribution in [1.29, 1.82) is 0 Å². The Morgan fingerprint density at radius 1 is 0.970 bits per heavy atom. The lowest BCUT2D eigenvalue weighted by atomic mass is 9.79. The molecule has 2 aromatic rings. The van der Waals surface area contributed by atoms with Gasteiger partial charge in [0.25, 0.3) is 5.91 Å². The molecule has 0 bridgehead atoms. The second-order valence-corrected chi connectivity index (χ2v) is 11.1. The number of Topliss-reactive ketones (excluding diaryl/α,β-unsaturated/α-hetero) is 1. The number of hydrogen-bond acceptors (Lipinski definition) is 3. The highest BCUT2D eigenvalue weighted by molar-refractivity contribution is 5.95. The molecule has 0 unspecified atom stereocenters. The van der Waals surface area contributed by atoms with Gasteiger partial charge in [-0.1, -0.05) is 31.4 Å². The Labute approximate surface area is 197 Å². The molecule has 3 aliphatic rings. The molecule has 1 spiro atoms. The Balaban J connectivity index is 1.30. The second-order valence-electron chi connectivity index (χ2n) is 11.1. The van der Waals surface area contributed by atoms with Gasteiger partial charge in [-0.25, -0.2) is 0 Å². The van der Waals surface area contributed by atoms with Crippen LogP contribution < -0.4 is 5.32 Å². The fourth-order valence-corrected chi connectivity index (χ4v) is 6.41. The summed E-state index contributed by atoms with van der Waals surface area (Å²) in [5.41, 5.74) is 3.89. The minimum absolute atomic E-state index is 0.0682. The van der Waals surface area contributed by atoms with Gasteiger partial charge in [-0.3, -0.25) is 14.9 Å². The van der Waals surface area contributed by atoms with E-state index in [0.717, 1.165) is 30.5 Å². The van der Waals surface area contributed by atoms with E-state index in [0.29, 0.717) is 19.0 Å². The molecule has 1 aromatic carbocycles. The average molecular weight is 448 g/mol. The number of carbonyl (C=O) groups excluding carboxylic acids is 2. The van der Waals surface area contributed by atoms with Gasteiger partial charge in [-0.05, 0) is 76.1 Å². The average Bonchev–Trinajstić information content (AvgIpc) is 3.24. The molecule has 5 rings (SSSR count). The summed E-state index contributed by atoms with van der Waals surface area (Å²) in [5.74, 6) is 0.902. The molecule has 1 aliphatic carbocycles. The number of hydrogen-bond donors (Lipinski definition) is 1. The molecule has 176 valence electrons. The van der Waals surface area contributed by atoms with E-state index >= 15 is 0 Å². The van der Waals surface area contributed by atoms with Gasteiger partial charge in [-0.2, -0.15) is 0 Å². The molecule has 33 heavy (non-hydrogen) atoms. The van der Waals surface area contributed by atoms with Crippen molar-refractivity contribution in [1.82, 2.24) is 14.8 Å². The van der Waals surface area contributed by atoms with Gasteiger partial charge in [0.1, 0.15) is 0 Å². The number of nitrogens with zero attached hydrogens (tertiary/aromatic N) is 2. The van der Waals surface area contributed by atoms with Crippen molar-refractivity contribution in [2.45, 2.75) is 89.3 Å². The zero-order valence-corrected chi connectivity index (χ0v) is 20.3. The number of carbonyl (C=O) groups is 2. The van der Waals surface area contributed by atoms with Gasteiger partial charge in [0.2, 0.25) is 0 Å². The summed E-state index contributed by atoms with van der Waals surface area (Å²) in [4.78, 5) is 27.3. The molecule has 1 N–H and O–H groups in total. The van der Waals surface area contributed by atoms with Crippen molar-refractivity contribution in [2.24, 2.45) is 0 Å². The van der Waals surface area contributed by atoms with E-state index in [9.17, 15) is 9.59 Å². The molecule has 3 heterocycles. The molecular weight excluding hydrogens is 410 g/mol. The first-order chi connectivity index (χ1) is 15.8. The van der Waals surface area contributed by atoms with Gasteiger partial charge >= 0.3 is 0 Å². The first-order valence-electron chi connectivity index (χ1n) is 12.7. The second kappa shape index (κ2) is 8.43. The fourth-order valence-electron chi connectivity index (χ4n) is 6.41. The lowest BCUT2D eigenvalue weighted by molar-refractivity contribution is 0.0521. The highest BCUT2D eigenvalue weighted by Crippen LogP contribution is 2.40. The lowest BCUT2D eigenvalue weighted by Gasteiger charge is -2.51. The number of nitrogens with one attached hydrogen (secondary N) is 1. The first kappa shape index (κ1) is 22.4. The summed E-state index contributed by atoms with van der Waals surface area (Å²) in [6.07, 6.45) is 10.3. The number of benzene rings is 1. The number of amides is 1. The topological polar surface area (TPSA) is 54.3 Å². The highest BCUT2D eigenvalue weighted by Gasteiger charge is 2.46. The predicted molar refractivity (Wildman–Crippen MR) is 131 cm³/mol. The third-order valence-electron chi connectivity index (χ3n) is 8.08. The summed E-state index contributed by atoms with van der Waals surface area (Å²) in [6, 6.07) is 10.5. The van der Waals surface area contributed by atoms with E-state index < -0.39 is 0 Å². The summed E-state index contributed by atoms with van der Waals surface area (Å²) in [6.45, 7) is 8.34. The number of rotatable bonds is 3. The summed E-state index contributed by atoms with van der Waals surface area (Å²) >= 11 is 0. The van der Waals surface area contributed by atoms with Crippen LogP contribution in [0.2, 0.25) is 0 Å². The number of piperidine rings is 1. The monoisotopic (exact) mass is 447 g/mol. The normalized spacial score (nSPS) is 22.2. The zero-order valence-electron chi connectivity index (χ0n) is 20.3. The van der Waals surface area contributed by atoms with Gasteiger partial charge in [0.05, 0.1) is 5.54 Å². The van der Waals surface area contributed by atoms with Crippen molar-refractivity contribution in [3.8, 4) is 0 Å². The van der Waals surface area contributed by atoms with Crippen LogP contribution >= 0.6 is 0 Å². The standard InChI is InChI=1S/C28H37N3O2/c1-20(32)24-17-25-28(29-27(2,3)19-31(25)18-24)13-15-30(16-14-28)26(33)23-11-9-22(10-12-23)21-7-5-4-6-8-21/h9-12,17-18,21,29H,4-8,13-16,19H2,1-3H3. The minimum atomic E-state index is -0.197. The van der Waals surface area contributed by atoms with E-state index in [1.165, 1.54) is 43.4 Å². The SMILES string of the molecule is CC(=O)c1cc2n(c1)CC(C)(C)NC21CCN(C(=O)c2ccc(C3CCCCC3)cc2)CC1. The van der Waals surface area contributed by atoms with E-state index in [1.54, 1.807) is 6.92 Å². The quantitative estimate of drug-likeness (QED) is 0.654. The van der Waals surface area contributed by atoms with Crippen molar-refractivity contribution in [3.63, 3.8) is 0 Å². The number of likely N-dealkylation sites (tertiary alicyclic amines) is 1. The maximum absolute atomic E-state index is 13.3. The van der Waals surface area contributed by atoms with Crippen molar-refractivity contribution < 1.29 is 9.59 Å². The summed E-state index contributed by atoms with van der Waals surface area (Å²) in [7, 11) is 0. The molecule has 5 heteroatoms. The molecule has 1 saturated carbocycles. The van der Waals surface area contributed by atoms with Crippen molar-refractivity contribution in [2.75, 3.05) is 13.1 Å². The number of aromatic nitrogens is 1. The maximum atomic E-state index is 13.3. The van der Waals surface area contributed by atoms with Crippen LogP contribution in [0.4, 0.5) is 0 Å². The highest BCUT2D eigenvalue weighted by atomic mass is 16.2. The Kier molecular flexibility index (Phi) is 5.72. The first-order valence-corrected chi connectivity index (χ1v) is 12.7. The third-order valence-corrected chi connectivity index (χ3v) is 8.08. The van der Waals surface area contributed by atoms with Crippen LogP contribution in [0.1, 0.15) is 104 Å². The molecule has 0 atom stereocenters. The van der Waals surface area contributed by atoms with Crippen LogP contribution in [0, 0.1) is 0 Å². The molecule has 1 amide bonds.